The van der Waals surface area contributed by atoms with E-state index in [1.54, 1.807) is 0 Å². The zero-order chi connectivity index (χ0) is 8.55. The Balaban J connectivity index is 2.25. The van der Waals surface area contributed by atoms with E-state index in [9.17, 15) is 4.79 Å². The van der Waals surface area contributed by atoms with Gasteiger partial charge in [-0.1, -0.05) is 34.1 Å². The average Bonchev–Trinajstić information content (AvgIpc) is 2.84. The Hall–Kier alpha value is -0.630. The third-order valence-electron chi connectivity index (χ3n) is 2.32. The number of aldehydes is 1. The van der Waals surface area contributed by atoms with E-state index < -0.39 is 0 Å². The zero-order valence-electron chi connectivity index (χ0n) is 6.53. The third kappa shape index (κ3) is 1.31. The Morgan fingerprint density at radius 1 is 1.42 bits per heavy atom. The van der Waals surface area contributed by atoms with Gasteiger partial charge in [-0.05, 0) is 24.0 Å². The molecule has 1 aliphatic rings. The minimum Gasteiger partial charge on any atom is -0.303 e. The molecule has 2 rings (SSSR count). The maximum Gasteiger partial charge on any atom is 0.123 e. The van der Waals surface area contributed by atoms with Crippen LogP contribution in [0.1, 0.15) is 17.9 Å². The number of hydrogen-bond acceptors (Lipinski definition) is 1. The molecular formula is C10H9BrO. The Morgan fingerprint density at radius 3 is 2.75 bits per heavy atom. The summed E-state index contributed by atoms with van der Waals surface area (Å²) in [5.74, 6) is 0.738. The first-order chi connectivity index (χ1) is 5.83. The number of carbonyl (C=O) groups excluding carboxylic acids is 1. The van der Waals surface area contributed by atoms with Crippen molar-refractivity contribution in [3.63, 3.8) is 0 Å². The summed E-state index contributed by atoms with van der Waals surface area (Å²) in [6.45, 7) is 0. The fourth-order valence-electron chi connectivity index (χ4n) is 1.50. The molecule has 1 fully saturated rings. The molecular weight excluding hydrogens is 216 g/mol. The summed E-state index contributed by atoms with van der Waals surface area (Å²) in [6, 6.07) is 8.11. The maximum absolute atomic E-state index is 10.4. The first kappa shape index (κ1) is 7.99. The van der Waals surface area contributed by atoms with E-state index in [0.717, 1.165) is 17.2 Å². The van der Waals surface area contributed by atoms with E-state index in [4.69, 9.17) is 0 Å². The fraction of sp³-hybridized carbons (Fsp3) is 0.300. The quantitative estimate of drug-likeness (QED) is 0.707. The Labute approximate surface area is 79.9 Å². The number of carbonyl (C=O) groups is 1. The predicted octanol–water partition coefficient (Wildman–Crippen LogP) is 2.75. The molecule has 0 saturated heterocycles. The van der Waals surface area contributed by atoms with Gasteiger partial charge in [-0.3, -0.25) is 0 Å². The van der Waals surface area contributed by atoms with Gasteiger partial charge in [0.1, 0.15) is 6.29 Å². The van der Waals surface area contributed by atoms with Gasteiger partial charge in [-0.25, -0.2) is 0 Å². The summed E-state index contributed by atoms with van der Waals surface area (Å²) < 4.78 is 1.12. The second-order valence-corrected chi connectivity index (χ2v) is 4.02. The average molecular weight is 225 g/mol. The highest BCUT2D eigenvalue weighted by Crippen LogP contribution is 2.47. The Morgan fingerprint density at radius 2 is 2.17 bits per heavy atom. The lowest BCUT2D eigenvalue weighted by atomic mass is 10.1. The summed E-state index contributed by atoms with van der Waals surface area (Å²) in [5, 5.41) is 0. The van der Waals surface area contributed by atoms with E-state index in [1.807, 2.05) is 18.2 Å². The van der Waals surface area contributed by atoms with Gasteiger partial charge < -0.3 is 4.79 Å². The molecule has 0 aliphatic heterocycles. The SMILES string of the molecule is O=C[C@H]1C[C@H]1c1ccccc1Br. The van der Waals surface area contributed by atoms with E-state index in [-0.39, 0.29) is 5.92 Å². The van der Waals surface area contributed by atoms with Crippen LogP contribution in [0.4, 0.5) is 0 Å². The molecule has 1 aromatic rings. The minimum absolute atomic E-state index is 0.267. The van der Waals surface area contributed by atoms with Gasteiger partial charge in [-0.15, -0.1) is 0 Å². The van der Waals surface area contributed by atoms with Crippen molar-refractivity contribution in [2.45, 2.75) is 12.3 Å². The van der Waals surface area contributed by atoms with Crippen molar-refractivity contribution in [1.82, 2.24) is 0 Å². The molecule has 0 heterocycles. The zero-order valence-corrected chi connectivity index (χ0v) is 8.12. The maximum atomic E-state index is 10.4. The lowest BCUT2D eigenvalue weighted by Gasteiger charge is -2.00. The Kier molecular flexibility index (Phi) is 2.01. The van der Waals surface area contributed by atoms with Gasteiger partial charge in [0.05, 0.1) is 0 Å². The van der Waals surface area contributed by atoms with Gasteiger partial charge in [0, 0.05) is 10.4 Å². The van der Waals surface area contributed by atoms with Crippen LogP contribution in [-0.4, -0.2) is 6.29 Å². The minimum atomic E-state index is 0.267. The molecule has 0 N–H and O–H groups in total. The number of rotatable bonds is 2. The largest absolute Gasteiger partial charge is 0.303 e. The van der Waals surface area contributed by atoms with Crippen molar-refractivity contribution in [3.05, 3.63) is 34.3 Å². The normalized spacial score (nSPS) is 26.8. The van der Waals surface area contributed by atoms with Crippen molar-refractivity contribution in [1.29, 1.82) is 0 Å². The number of benzene rings is 1. The monoisotopic (exact) mass is 224 g/mol. The van der Waals surface area contributed by atoms with Crippen LogP contribution >= 0.6 is 15.9 Å². The van der Waals surface area contributed by atoms with Crippen molar-refractivity contribution in [2.24, 2.45) is 5.92 Å². The molecule has 0 bridgehead atoms. The van der Waals surface area contributed by atoms with Crippen LogP contribution in [0.3, 0.4) is 0 Å². The molecule has 0 radical (unpaired) electrons. The van der Waals surface area contributed by atoms with E-state index in [0.29, 0.717) is 5.92 Å². The van der Waals surface area contributed by atoms with Crippen LogP contribution in [0.2, 0.25) is 0 Å². The fourth-order valence-corrected chi connectivity index (χ4v) is 2.08. The summed E-state index contributed by atoms with van der Waals surface area (Å²) in [4.78, 5) is 10.4. The molecule has 0 spiro atoms. The highest BCUT2D eigenvalue weighted by molar-refractivity contribution is 9.10. The molecule has 2 heteroatoms. The van der Waals surface area contributed by atoms with Crippen LogP contribution < -0.4 is 0 Å². The first-order valence-electron chi connectivity index (χ1n) is 4.02. The van der Waals surface area contributed by atoms with Crippen LogP contribution in [0, 0.1) is 5.92 Å². The summed E-state index contributed by atoms with van der Waals surface area (Å²) in [5.41, 5.74) is 1.27. The molecule has 0 amide bonds. The molecule has 62 valence electrons. The highest BCUT2D eigenvalue weighted by atomic mass is 79.9. The predicted molar refractivity (Wildman–Crippen MR) is 51.1 cm³/mol. The van der Waals surface area contributed by atoms with Crippen LogP contribution in [0.5, 0.6) is 0 Å². The molecule has 0 unspecified atom stereocenters. The van der Waals surface area contributed by atoms with Crippen molar-refractivity contribution in [3.8, 4) is 0 Å². The standard InChI is InChI=1S/C10H9BrO/c11-10-4-2-1-3-8(10)9-5-7(9)6-12/h1-4,6-7,9H,5H2/t7-,9-/m1/s1. The molecule has 12 heavy (non-hydrogen) atoms. The number of halogens is 1. The summed E-state index contributed by atoms with van der Waals surface area (Å²) >= 11 is 3.48. The van der Waals surface area contributed by atoms with E-state index >= 15 is 0 Å². The van der Waals surface area contributed by atoms with Crippen molar-refractivity contribution >= 4 is 22.2 Å². The van der Waals surface area contributed by atoms with Crippen LogP contribution in [0.25, 0.3) is 0 Å². The second-order valence-electron chi connectivity index (χ2n) is 3.16. The van der Waals surface area contributed by atoms with E-state index in [1.165, 1.54) is 5.56 Å². The van der Waals surface area contributed by atoms with Gasteiger partial charge in [0.2, 0.25) is 0 Å². The summed E-state index contributed by atoms with van der Waals surface area (Å²) in [6.07, 6.45) is 2.08. The lowest BCUT2D eigenvalue weighted by molar-refractivity contribution is -0.108. The van der Waals surface area contributed by atoms with Crippen molar-refractivity contribution < 1.29 is 4.79 Å². The third-order valence-corrected chi connectivity index (χ3v) is 3.04. The summed E-state index contributed by atoms with van der Waals surface area (Å²) in [7, 11) is 0. The van der Waals surface area contributed by atoms with E-state index in [2.05, 4.69) is 22.0 Å². The van der Waals surface area contributed by atoms with Gasteiger partial charge in [-0.2, -0.15) is 0 Å². The molecule has 2 atom stereocenters. The highest BCUT2D eigenvalue weighted by Gasteiger charge is 2.38. The molecule has 1 aromatic carbocycles. The Bertz CT molecular complexity index is 308. The van der Waals surface area contributed by atoms with Crippen LogP contribution in [-0.2, 0) is 4.79 Å². The van der Waals surface area contributed by atoms with Crippen molar-refractivity contribution in [2.75, 3.05) is 0 Å². The second kappa shape index (κ2) is 3.02. The first-order valence-corrected chi connectivity index (χ1v) is 4.82. The molecule has 1 saturated carbocycles. The van der Waals surface area contributed by atoms with Gasteiger partial charge in [0.15, 0.2) is 0 Å². The van der Waals surface area contributed by atoms with Gasteiger partial charge >= 0.3 is 0 Å². The molecule has 1 nitrogen and oxygen atoms in total. The lowest BCUT2D eigenvalue weighted by Crippen LogP contribution is -1.85. The van der Waals surface area contributed by atoms with Crippen LogP contribution in [0.15, 0.2) is 28.7 Å². The van der Waals surface area contributed by atoms with Gasteiger partial charge in [0.25, 0.3) is 0 Å². The molecule has 1 aliphatic carbocycles. The number of hydrogen-bond donors (Lipinski definition) is 0. The smallest absolute Gasteiger partial charge is 0.123 e. The topological polar surface area (TPSA) is 17.1 Å². The molecule has 0 aromatic heterocycles.